The molecule has 0 saturated heterocycles. The molecule has 0 aliphatic heterocycles. The van der Waals surface area contributed by atoms with Crippen LogP contribution in [0.15, 0.2) is 60.7 Å². The normalized spacial score (nSPS) is 10.5. The van der Waals surface area contributed by atoms with Crippen LogP contribution >= 0.6 is 0 Å². The molecule has 26 heavy (non-hydrogen) atoms. The fourth-order valence-electron chi connectivity index (χ4n) is 3.29. The van der Waals surface area contributed by atoms with Gasteiger partial charge in [-0.1, -0.05) is 74.5 Å². The lowest BCUT2D eigenvalue weighted by molar-refractivity contribution is 0.111. The molecular weight excluding hydrogens is 320 g/mol. The zero-order valence-corrected chi connectivity index (χ0v) is 15.2. The summed E-state index contributed by atoms with van der Waals surface area (Å²) in [7, 11) is 0. The van der Waals surface area contributed by atoms with Crippen molar-refractivity contribution < 1.29 is 9.59 Å². The van der Waals surface area contributed by atoms with Crippen molar-refractivity contribution in [2.75, 3.05) is 0 Å². The summed E-state index contributed by atoms with van der Waals surface area (Å²) in [6, 6.07) is 20.0. The van der Waals surface area contributed by atoms with Crippen molar-refractivity contribution in [3.05, 3.63) is 82.9 Å². The number of rotatable bonds is 6. The Bertz CT molecular complexity index is 840. The summed E-state index contributed by atoms with van der Waals surface area (Å²) < 4.78 is 0. The van der Waals surface area contributed by atoms with E-state index >= 15 is 0 Å². The van der Waals surface area contributed by atoms with Crippen LogP contribution in [0.3, 0.4) is 0 Å². The minimum Gasteiger partial charge on any atom is -0.298 e. The molecule has 2 nitrogen and oxygen atoms in total. The predicted molar refractivity (Wildman–Crippen MR) is 107 cm³/mol. The quantitative estimate of drug-likeness (QED) is 0.533. The van der Waals surface area contributed by atoms with Gasteiger partial charge in [0.15, 0.2) is 0 Å². The standard InChI is InChI=1S/C24H22O2/c1-3-19-13-24(22-11-7-18(16-26)8-12-22)20(4-2)14-23(19)21-9-5-17(15-25)6-10-21/h5-16H,3-4H2,1-2H3. The van der Waals surface area contributed by atoms with Crippen molar-refractivity contribution >= 4 is 12.6 Å². The van der Waals surface area contributed by atoms with E-state index < -0.39 is 0 Å². The Morgan fingerprint density at radius 2 is 0.962 bits per heavy atom. The summed E-state index contributed by atoms with van der Waals surface area (Å²) in [4.78, 5) is 21.8. The van der Waals surface area contributed by atoms with E-state index in [1.807, 2.05) is 48.5 Å². The highest BCUT2D eigenvalue weighted by Gasteiger charge is 2.11. The maximum Gasteiger partial charge on any atom is 0.150 e. The highest BCUT2D eigenvalue weighted by molar-refractivity contribution is 5.81. The summed E-state index contributed by atoms with van der Waals surface area (Å²) in [5.41, 5.74) is 8.62. The van der Waals surface area contributed by atoms with Gasteiger partial charge in [0.25, 0.3) is 0 Å². The molecule has 0 amide bonds. The van der Waals surface area contributed by atoms with Gasteiger partial charge in [-0.2, -0.15) is 0 Å². The Labute approximate surface area is 154 Å². The van der Waals surface area contributed by atoms with Crippen molar-refractivity contribution in [1.82, 2.24) is 0 Å². The Morgan fingerprint density at radius 1 is 0.615 bits per heavy atom. The zero-order valence-electron chi connectivity index (χ0n) is 15.2. The molecule has 0 atom stereocenters. The van der Waals surface area contributed by atoms with Crippen LogP contribution in [0.5, 0.6) is 0 Å². The molecular formula is C24H22O2. The largest absolute Gasteiger partial charge is 0.298 e. The Balaban J connectivity index is 2.12. The number of hydrogen-bond donors (Lipinski definition) is 0. The number of hydrogen-bond acceptors (Lipinski definition) is 2. The molecule has 0 bridgehead atoms. The molecule has 0 unspecified atom stereocenters. The summed E-state index contributed by atoms with van der Waals surface area (Å²) in [6.45, 7) is 4.31. The van der Waals surface area contributed by atoms with Crippen molar-refractivity contribution in [1.29, 1.82) is 0 Å². The maximum atomic E-state index is 10.9. The third kappa shape index (κ3) is 3.50. The number of aldehydes is 2. The maximum absolute atomic E-state index is 10.9. The second-order valence-electron chi connectivity index (χ2n) is 6.35. The van der Waals surface area contributed by atoms with E-state index in [1.54, 1.807) is 0 Å². The lowest BCUT2D eigenvalue weighted by atomic mass is 9.88. The van der Waals surface area contributed by atoms with Crippen molar-refractivity contribution in [2.45, 2.75) is 26.7 Å². The molecule has 0 saturated carbocycles. The fraction of sp³-hybridized carbons (Fsp3) is 0.167. The van der Waals surface area contributed by atoms with Crippen LogP contribution < -0.4 is 0 Å². The van der Waals surface area contributed by atoms with Crippen LogP contribution in [0.25, 0.3) is 22.3 Å². The van der Waals surface area contributed by atoms with Gasteiger partial charge < -0.3 is 0 Å². The highest BCUT2D eigenvalue weighted by Crippen LogP contribution is 2.33. The van der Waals surface area contributed by atoms with Gasteiger partial charge in [0.1, 0.15) is 12.6 Å². The second kappa shape index (κ2) is 7.92. The van der Waals surface area contributed by atoms with Crippen LogP contribution in [0.1, 0.15) is 45.7 Å². The lowest BCUT2D eigenvalue weighted by Crippen LogP contribution is -1.96. The zero-order chi connectivity index (χ0) is 18.5. The monoisotopic (exact) mass is 342 g/mol. The average molecular weight is 342 g/mol. The third-order valence-electron chi connectivity index (χ3n) is 4.81. The molecule has 0 aromatic heterocycles. The summed E-state index contributed by atoms with van der Waals surface area (Å²) in [6.07, 6.45) is 3.59. The molecule has 3 rings (SSSR count). The minimum absolute atomic E-state index is 0.689. The van der Waals surface area contributed by atoms with Gasteiger partial charge >= 0.3 is 0 Å². The molecule has 0 aliphatic rings. The van der Waals surface area contributed by atoms with E-state index in [0.29, 0.717) is 11.1 Å². The average Bonchev–Trinajstić information content (AvgIpc) is 2.73. The van der Waals surface area contributed by atoms with Crippen molar-refractivity contribution in [3.8, 4) is 22.3 Å². The number of carbonyl (C=O) groups is 2. The Morgan fingerprint density at radius 3 is 1.23 bits per heavy atom. The predicted octanol–water partition coefficient (Wildman–Crippen LogP) is 5.77. The lowest BCUT2D eigenvalue weighted by Gasteiger charge is -2.16. The van der Waals surface area contributed by atoms with Gasteiger partial charge in [0.05, 0.1) is 0 Å². The molecule has 0 N–H and O–H groups in total. The van der Waals surface area contributed by atoms with Crippen LogP contribution in [0, 0.1) is 0 Å². The van der Waals surface area contributed by atoms with Crippen molar-refractivity contribution in [3.63, 3.8) is 0 Å². The molecule has 0 radical (unpaired) electrons. The molecule has 0 spiro atoms. The van der Waals surface area contributed by atoms with Crippen LogP contribution in [0.4, 0.5) is 0 Å². The fourth-order valence-corrected chi connectivity index (χ4v) is 3.29. The molecule has 0 heterocycles. The first-order chi connectivity index (χ1) is 12.7. The smallest absolute Gasteiger partial charge is 0.150 e. The van der Waals surface area contributed by atoms with Crippen LogP contribution in [-0.4, -0.2) is 12.6 Å². The van der Waals surface area contributed by atoms with E-state index in [1.165, 1.54) is 22.3 Å². The van der Waals surface area contributed by atoms with E-state index in [-0.39, 0.29) is 0 Å². The number of carbonyl (C=O) groups excluding carboxylic acids is 2. The SMILES string of the molecule is CCc1cc(-c2ccc(C=O)cc2)c(CC)cc1-c1ccc(C=O)cc1. The van der Waals surface area contributed by atoms with Gasteiger partial charge in [-0.3, -0.25) is 9.59 Å². The number of aryl methyl sites for hydroxylation is 2. The Kier molecular flexibility index (Phi) is 5.43. The first kappa shape index (κ1) is 17.8. The van der Waals surface area contributed by atoms with Crippen LogP contribution in [0.2, 0.25) is 0 Å². The Hall–Kier alpha value is -3.00. The van der Waals surface area contributed by atoms with Gasteiger partial charge in [0.2, 0.25) is 0 Å². The minimum atomic E-state index is 0.689. The molecule has 2 heteroatoms. The molecule has 0 aliphatic carbocycles. The van der Waals surface area contributed by atoms with Crippen LogP contribution in [-0.2, 0) is 12.8 Å². The van der Waals surface area contributed by atoms with Gasteiger partial charge in [-0.05, 0) is 46.2 Å². The number of benzene rings is 3. The topological polar surface area (TPSA) is 34.1 Å². The molecule has 0 fully saturated rings. The molecule has 130 valence electrons. The molecule has 3 aromatic carbocycles. The molecule has 3 aromatic rings. The van der Waals surface area contributed by atoms with Crippen molar-refractivity contribution in [2.24, 2.45) is 0 Å². The van der Waals surface area contributed by atoms with Gasteiger partial charge in [0, 0.05) is 11.1 Å². The first-order valence-electron chi connectivity index (χ1n) is 8.97. The van der Waals surface area contributed by atoms with Gasteiger partial charge in [-0.15, -0.1) is 0 Å². The van der Waals surface area contributed by atoms with Gasteiger partial charge in [-0.25, -0.2) is 0 Å². The van der Waals surface area contributed by atoms with E-state index in [2.05, 4.69) is 26.0 Å². The van der Waals surface area contributed by atoms with E-state index in [4.69, 9.17) is 0 Å². The third-order valence-corrected chi connectivity index (χ3v) is 4.81. The first-order valence-corrected chi connectivity index (χ1v) is 8.97. The summed E-state index contributed by atoms with van der Waals surface area (Å²) in [5, 5.41) is 0. The van der Waals surface area contributed by atoms with E-state index in [9.17, 15) is 9.59 Å². The highest BCUT2D eigenvalue weighted by atomic mass is 16.1. The summed E-state index contributed by atoms with van der Waals surface area (Å²) >= 11 is 0. The second-order valence-corrected chi connectivity index (χ2v) is 6.35. The van der Waals surface area contributed by atoms with E-state index in [0.717, 1.165) is 36.5 Å². The summed E-state index contributed by atoms with van der Waals surface area (Å²) in [5.74, 6) is 0.